The van der Waals surface area contributed by atoms with Crippen molar-refractivity contribution < 1.29 is 14.7 Å². The standard InChI is InChI=1S/C19H17BrN2O3S/c1-3-14(18(24)25)22-15-9-8-13(20)10-16(15)26-19(22)21-17(23)12-6-4-11(2)5-7-12/h4-10,14H,3H2,1-2H3,(H,24,25). The summed E-state index contributed by atoms with van der Waals surface area (Å²) in [6, 6.07) is 12.0. The zero-order valence-corrected chi connectivity index (χ0v) is 16.7. The number of aliphatic carboxylic acids is 1. The third-order valence-electron chi connectivity index (χ3n) is 4.07. The molecule has 1 aromatic heterocycles. The van der Waals surface area contributed by atoms with Crippen molar-refractivity contribution in [1.29, 1.82) is 0 Å². The Morgan fingerprint density at radius 3 is 2.54 bits per heavy atom. The average molecular weight is 433 g/mol. The van der Waals surface area contributed by atoms with Gasteiger partial charge in [0.2, 0.25) is 0 Å². The molecule has 0 aliphatic rings. The number of aryl methyl sites for hydroxylation is 1. The SMILES string of the molecule is CCC(C(=O)O)n1c(=NC(=O)c2ccc(C)cc2)sc2cc(Br)ccc21. The lowest BCUT2D eigenvalue weighted by molar-refractivity contribution is -0.140. The largest absolute Gasteiger partial charge is 0.480 e. The first kappa shape index (κ1) is 18.5. The number of carbonyl (C=O) groups is 2. The molecular weight excluding hydrogens is 416 g/mol. The molecular formula is C19H17BrN2O3S. The van der Waals surface area contributed by atoms with Gasteiger partial charge in [0.25, 0.3) is 5.91 Å². The van der Waals surface area contributed by atoms with E-state index in [0.717, 1.165) is 20.3 Å². The van der Waals surface area contributed by atoms with E-state index in [1.54, 1.807) is 23.6 Å². The molecule has 0 aliphatic carbocycles. The van der Waals surface area contributed by atoms with Crippen molar-refractivity contribution in [2.45, 2.75) is 26.3 Å². The number of fused-ring (bicyclic) bond motifs is 1. The maximum Gasteiger partial charge on any atom is 0.326 e. The maximum absolute atomic E-state index is 12.6. The fourth-order valence-electron chi connectivity index (χ4n) is 2.71. The number of carboxylic acid groups (broad SMARTS) is 1. The van der Waals surface area contributed by atoms with Crippen molar-refractivity contribution in [3.05, 3.63) is 62.9 Å². The number of benzene rings is 2. The Hall–Kier alpha value is -2.25. The monoisotopic (exact) mass is 432 g/mol. The van der Waals surface area contributed by atoms with Gasteiger partial charge in [-0.05, 0) is 43.7 Å². The molecule has 0 bridgehead atoms. The van der Waals surface area contributed by atoms with Crippen LogP contribution in [0.4, 0.5) is 0 Å². The number of rotatable bonds is 4. The van der Waals surface area contributed by atoms with Crippen LogP contribution in [-0.4, -0.2) is 21.6 Å². The average Bonchev–Trinajstić information content (AvgIpc) is 2.93. The first-order chi connectivity index (χ1) is 12.4. The highest BCUT2D eigenvalue weighted by molar-refractivity contribution is 9.10. The zero-order chi connectivity index (χ0) is 18.8. The van der Waals surface area contributed by atoms with Gasteiger partial charge in [0.1, 0.15) is 6.04 Å². The van der Waals surface area contributed by atoms with Gasteiger partial charge in [-0.3, -0.25) is 4.79 Å². The van der Waals surface area contributed by atoms with E-state index in [4.69, 9.17) is 0 Å². The van der Waals surface area contributed by atoms with E-state index in [-0.39, 0.29) is 5.91 Å². The second-order valence-corrected chi connectivity index (χ2v) is 7.84. The third-order valence-corrected chi connectivity index (χ3v) is 5.58. The topological polar surface area (TPSA) is 71.7 Å². The summed E-state index contributed by atoms with van der Waals surface area (Å²) >= 11 is 4.73. The van der Waals surface area contributed by atoms with Crippen LogP contribution in [-0.2, 0) is 4.79 Å². The molecule has 1 unspecified atom stereocenters. The van der Waals surface area contributed by atoms with Gasteiger partial charge in [0, 0.05) is 10.0 Å². The smallest absolute Gasteiger partial charge is 0.326 e. The minimum atomic E-state index is -0.945. The lowest BCUT2D eigenvalue weighted by Crippen LogP contribution is -2.27. The number of thiazole rings is 1. The number of hydrogen-bond acceptors (Lipinski definition) is 3. The van der Waals surface area contributed by atoms with Crippen molar-refractivity contribution in [2.24, 2.45) is 4.99 Å². The number of aromatic nitrogens is 1. The minimum Gasteiger partial charge on any atom is -0.480 e. The Bertz CT molecular complexity index is 1050. The molecule has 0 spiro atoms. The summed E-state index contributed by atoms with van der Waals surface area (Å²) in [5.41, 5.74) is 2.28. The molecule has 2 aromatic carbocycles. The van der Waals surface area contributed by atoms with E-state index in [0.29, 0.717) is 16.8 Å². The fourth-order valence-corrected chi connectivity index (χ4v) is 4.33. The predicted molar refractivity (Wildman–Crippen MR) is 106 cm³/mol. The van der Waals surface area contributed by atoms with E-state index in [2.05, 4.69) is 20.9 Å². The number of hydrogen-bond donors (Lipinski definition) is 1. The number of nitrogens with zero attached hydrogens (tertiary/aromatic N) is 2. The van der Waals surface area contributed by atoms with Gasteiger partial charge in [0.05, 0.1) is 10.2 Å². The lowest BCUT2D eigenvalue weighted by atomic mass is 10.1. The molecule has 26 heavy (non-hydrogen) atoms. The Morgan fingerprint density at radius 1 is 1.23 bits per heavy atom. The summed E-state index contributed by atoms with van der Waals surface area (Å²) in [6.45, 7) is 3.75. The van der Waals surface area contributed by atoms with Gasteiger partial charge in [-0.25, -0.2) is 4.79 Å². The summed E-state index contributed by atoms with van der Waals surface area (Å²) in [7, 11) is 0. The molecule has 0 aliphatic heterocycles. The van der Waals surface area contributed by atoms with Gasteiger partial charge in [-0.1, -0.05) is 51.9 Å². The van der Waals surface area contributed by atoms with Crippen LogP contribution in [0.5, 0.6) is 0 Å². The van der Waals surface area contributed by atoms with Crippen LogP contribution in [0.3, 0.4) is 0 Å². The molecule has 7 heteroatoms. The molecule has 3 aromatic rings. The number of carboxylic acids is 1. The van der Waals surface area contributed by atoms with E-state index < -0.39 is 12.0 Å². The second-order valence-electron chi connectivity index (χ2n) is 5.91. The first-order valence-electron chi connectivity index (χ1n) is 8.10. The molecule has 1 amide bonds. The Labute approximate surface area is 162 Å². The summed E-state index contributed by atoms with van der Waals surface area (Å²) in [6.07, 6.45) is 0.392. The highest BCUT2D eigenvalue weighted by Crippen LogP contribution is 2.26. The molecule has 0 saturated carbocycles. The molecule has 1 N–H and O–H groups in total. The van der Waals surface area contributed by atoms with Crippen molar-refractivity contribution >= 4 is 49.4 Å². The predicted octanol–water partition coefficient (Wildman–Crippen LogP) is 4.55. The first-order valence-corrected chi connectivity index (χ1v) is 9.70. The molecule has 0 fully saturated rings. The normalized spacial score (nSPS) is 13.1. The molecule has 0 saturated heterocycles. The molecule has 0 radical (unpaired) electrons. The molecule has 3 rings (SSSR count). The lowest BCUT2D eigenvalue weighted by Gasteiger charge is -2.13. The highest BCUT2D eigenvalue weighted by Gasteiger charge is 2.22. The molecule has 5 nitrogen and oxygen atoms in total. The zero-order valence-electron chi connectivity index (χ0n) is 14.3. The van der Waals surface area contributed by atoms with Crippen molar-refractivity contribution in [3.63, 3.8) is 0 Å². The Balaban J connectivity index is 2.22. The van der Waals surface area contributed by atoms with Crippen LogP contribution >= 0.6 is 27.3 Å². The van der Waals surface area contributed by atoms with Gasteiger partial charge in [-0.2, -0.15) is 4.99 Å². The van der Waals surface area contributed by atoms with E-state index in [1.807, 2.05) is 37.3 Å². The quantitative estimate of drug-likeness (QED) is 0.656. The number of amides is 1. The van der Waals surface area contributed by atoms with Crippen LogP contribution < -0.4 is 4.80 Å². The van der Waals surface area contributed by atoms with Crippen molar-refractivity contribution in [2.75, 3.05) is 0 Å². The van der Waals surface area contributed by atoms with E-state index in [1.165, 1.54) is 11.3 Å². The van der Waals surface area contributed by atoms with Gasteiger partial charge < -0.3 is 9.67 Å². The second kappa shape index (κ2) is 7.55. The van der Waals surface area contributed by atoms with Gasteiger partial charge >= 0.3 is 5.97 Å². The van der Waals surface area contributed by atoms with Gasteiger partial charge in [0.15, 0.2) is 4.80 Å². The summed E-state index contributed by atoms with van der Waals surface area (Å²) in [5, 5.41) is 9.61. The molecule has 1 heterocycles. The van der Waals surface area contributed by atoms with Crippen LogP contribution in [0.15, 0.2) is 51.9 Å². The van der Waals surface area contributed by atoms with Crippen molar-refractivity contribution in [3.8, 4) is 0 Å². The maximum atomic E-state index is 12.6. The fraction of sp³-hybridized carbons (Fsp3) is 0.211. The Morgan fingerprint density at radius 2 is 1.92 bits per heavy atom. The van der Waals surface area contributed by atoms with Crippen LogP contribution in [0, 0.1) is 6.92 Å². The summed E-state index contributed by atoms with van der Waals surface area (Å²) < 4.78 is 3.40. The molecule has 134 valence electrons. The number of halogens is 1. The van der Waals surface area contributed by atoms with E-state index >= 15 is 0 Å². The summed E-state index contributed by atoms with van der Waals surface area (Å²) in [5.74, 6) is -1.33. The highest BCUT2D eigenvalue weighted by atomic mass is 79.9. The minimum absolute atomic E-state index is 0.385. The molecule has 1 atom stereocenters. The third kappa shape index (κ3) is 3.64. The number of carbonyl (C=O) groups excluding carboxylic acids is 1. The van der Waals surface area contributed by atoms with Crippen molar-refractivity contribution in [1.82, 2.24) is 4.57 Å². The van der Waals surface area contributed by atoms with E-state index in [9.17, 15) is 14.7 Å². The Kier molecular flexibility index (Phi) is 5.38. The van der Waals surface area contributed by atoms with Crippen LogP contribution in [0.2, 0.25) is 0 Å². The summed E-state index contributed by atoms with van der Waals surface area (Å²) in [4.78, 5) is 28.9. The van der Waals surface area contributed by atoms with Crippen LogP contribution in [0.25, 0.3) is 10.2 Å². The van der Waals surface area contributed by atoms with Crippen LogP contribution in [0.1, 0.15) is 35.3 Å². The van der Waals surface area contributed by atoms with Gasteiger partial charge in [-0.15, -0.1) is 0 Å².